The summed E-state index contributed by atoms with van der Waals surface area (Å²) in [6.07, 6.45) is -0.658. The van der Waals surface area contributed by atoms with Crippen molar-refractivity contribution in [2.75, 3.05) is 5.32 Å². The fourth-order valence-corrected chi connectivity index (χ4v) is 2.21. The summed E-state index contributed by atoms with van der Waals surface area (Å²) in [4.78, 5) is 12.1. The van der Waals surface area contributed by atoms with Gasteiger partial charge in [0.1, 0.15) is 6.04 Å². The van der Waals surface area contributed by atoms with Gasteiger partial charge >= 0.3 is 0 Å². The van der Waals surface area contributed by atoms with Gasteiger partial charge < -0.3 is 16.8 Å². The molecule has 0 saturated carbocycles. The Bertz CT molecular complexity index is 663. The zero-order valence-electron chi connectivity index (χ0n) is 12.9. The Hall–Kier alpha value is -1.92. The first-order valence-electron chi connectivity index (χ1n) is 7.33. The highest BCUT2D eigenvalue weighted by Gasteiger charge is 2.21. The highest BCUT2D eigenvalue weighted by Crippen LogP contribution is 2.16. The zero-order valence-corrected chi connectivity index (χ0v) is 13.7. The number of rotatable bonds is 6. The van der Waals surface area contributed by atoms with Gasteiger partial charge in [0, 0.05) is 17.3 Å². The summed E-state index contributed by atoms with van der Waals surface area (Å²) in [5.74, 6) is -0.330. The normalized spacial score (nSPS) is 13.4. The number of hydrogen-bond donors (Lipinski definition) is 4. The summed E-state index contributed by atoms with van der Waals surface area (Å²) >= 11 is 5.99. The van der Waals surface area contributed by atoms with Crippen LogP contribution in [-0.2, 0) is 11.3 Å². The van der Waals surface area contributed by atoms with E-state index in [2.05, 4.69) is 10.6 Å². The molecule has 2 atom stereocenters. The van der Waals surface area contributed by atoms with Crippen molar-refractivity contribution in [1.82, 2.24) is 5.32 Å². The van der Waals surface area contributed by atoms with Crippen molar-refractivity contribution in [1.29, 1.82) is 0 Å². The molecule has 0 heterocycles. The van der Waals surface area contributed by atoms with E-state index in [1.165, 1.54) is 0 Å². The molecule has 2 rings (SSSR count). The first-order valence-corrected chi connectivity index (χ1v) is 7.70. The maximum atomic E-state index is 12.1. The van der Waals surface area contributed by atoms with Crippen molar-refractivity contribution >= 4 is 23.2 Å². The van der Waals surface area contributed by atoms with E-state index in [0.717, 1.165) is 16.1 Å². The van der Waals surface area contributed by atoms with E-state index in [1.54, 1.807) is 12.1 Å². The second-order valence-electron chi connectivity index (χ2n) is 5.37. The molecule has 2 unspecified atom stereocenters. The van der Waals surface area contributed by atoms with Crippen LogP contribution < -0.4 is 22.1 Å². The second kappa shape index (κ2) is 8.08. The Kier molecular flexibility index (Phi) is 6.12. The Morgan fingerprint density at radius 2 is 1.87 bits per heavy atom. The molecule has 0 aliphatic rings. The molecule has 23 heavy (non-hydrogen) atoms. The molecule has 0 fully saturated rings. The number of aryl methyl sites for hydroxylation is 1. The number of benzene rings is 2. The number of amides is 1. The van der Waals surface area contributed by atoms with E-state index in [4.69, 9.17) is 23.1 Å². The van der Waals surface area contributed by atoms with E-state index < -0.39 is 12.2 Å². The van der Waals surface area contributed by atoms with Crippen LogP contribution in [0.4, 0.5) is 5.69 Å². The van der Waals surface area contributed by atoms with Crippen LogP contribution in [0.5, 0.6) is 0 Å². The third kappa shape index (κ3) is 5.04. The lowest BCUT2D eigenvalue weighted by Gasteiger charge is -2.21. The van der Waals surface area contributed by atoms with Gasteiger partial charge in [-0.3, -0.25) is 10.1 Å². The van der Waals surface area contributed by atoms with Crippen LogP contribution in [0.25, 0.3) is 0 Å². The molecule has 0 aromatic heterocycles. The first kappa shape index (κ1) is 17.4. The van der Waals surface area contributed by atoms with Crippen molar-refractivity contribution in [3.05, 3.63) is 64.7 Å². The predicted molar refractivity (Wildman–Crippen MR) is 94.1 cm³/mol. The van der Waals surface area contributed by atoms with Gasteiger partial charge in [-0.15, -0.1) is 0 Å². The third-order valence-electron chi connectivity index (χ3n) is 3.50. The summed E-state index contributed by atoms with van der Waals surface area (Å²) in [5, 5.41) is 6.52. The molecular weight excluding hydrogens is 312 g/mol. The molecule has 0 spiro atoms. The Balaban J connectivity index is 1.87. The van der Waals surface area contributed by atoms with E-state index in [0.29, 0.717) is 12.2 Å². The van der Waals surface area contributed by atoms with Crippen LogP contribution in [0.1, 0.15) is 11.1 Å². The SMILES string of the molecule is Cc1cc(CNC(N)C(N)C(=O)Nc2ccccc2)ccc1Cl. The average molecular weight is 333 g/mol. The number of nitrogens with one attached hydrogen (secondary N) is 2. The van der Waals surface area contributed by atoms with Gasteiger partial charge in [-0.1, -0.05) is 41.9 Å². The number of nitrogens with two attached hydrogens (primary N) is 2. The minimum atomic E-state index is -0.858. The third-order valence-corrected chi connectivity index (χ3v) is 3.92. The molecule has 0 bridgehead atoms. The van der Waals surface area contributed by atoms with Gasteiger partial charge in [-0.2, -0.15) is 0 Å². The quantitative estimate of drug-likeness (QED) is 0.609. The molecule has 2 aromatic rings. The number of para-hydroxylation sites is 1. The number of hydrogen-bond acceptors (Lipinski definition) is 4. The molecule has 0 radical (unpaired) electrons. The molecule has 6 heteroatoms. The van der Waals surface area contributed by atoms with E-state index in [-0.39, 0.29) is 5.91 Å². The molecule has 5 nitrogen and oxygen atoms in total. The van der Waals surface area contributed by atoms with Gasteiger partial charge in [0.15, 0.2) is 0 Å². The summed E-state index contributed by atoms with van der Waals surface area (Å²) in [6, 6.07) is 14.0. The molecule has 2 aromatic carbocycles. The first-order chi connectivity index (χ1) is 11.0. The van der Waals surface area contributed by atoms with Crippen LogP contribution in [0.15, 0.2) is 48.5 Å². The minimum Gasteiger partial charge on any atom is -0.325 e. The fraction of sp³-hybridized carbons (Fsp3) is 0.235. The maximum absolute atomic E-state index is 12.1. The second-order valence-corrected chi connectivity index (χ2v) is 5.78. The topological polar surface area (TPSA) is 93.2 Å². The Morgan fingerprint density at radius 3 is 2.52 bits per heavy atom. The van der Waals surface area contributed by atoms with Crippen LogP contribution in [0.3, 0.4) is 0 Å². The van der Waals surface area contributed by atoms with Gasteiger partial charge in [-0.05, 0) is 36.2 Å². The molecule has 0 aliphatic heterocycles. The molecule has 1 amide bonds. The average Bonchev–Trinajstić information content (AvgIpc) is 2.55. The molecule has 0 aliphatic carbocycles. The number of carbonyl (C=O) groups is 1. The highest BCUT2D eigenvalue weighted by molar-refractivity contribution is 6.31. The van der Waals surface area contributed by atoms with Crippen molar-refractivity contribution in [2.45, 2.75) is 25.7 Å². The van der Waals surface area contributed by atoms with E-state index in [9.17, 15) is 4.79 Å². The maximum Gasteiger partial charge on any atom is 0.244 e. The zero-order chi connectivity index (χ0) is 16.8. The summed E-state index contributed by atoms with van der Waals surface area (Å²) < 4.78 is 0. The lowest BCUT2D eigenvalue weighted by atomic mass is 10.1. The Labute approximate surface area is 141 Å². The van der Waals surface area contributed by atoms with Gasteiger partial charge in [-0.25, -0.2) is 0 Å². The highest BCUT2D eigenvalue weighted by atomic mass is 35.5. The molecule has 122 valence electrons. The lowest BCUT2D eigenvalue weighted by Crippen LogP contribution is -2.56. The van der Waals surface area contributed by atoms with Crippen LogP contribution >= 0.6 is 11.6 Å². The lowest BCUT2D eigenvalue weighted by molar-refractivity contribution is -0.118. The number of anilines is 1. The van der Waals surface area contributed by atoms with Gasteiger partial charge in [0.05, 0.1) is 6.17 Å². The summed E-state index contributed by atoms with van der Waals surface area (Å²) in [7, 11) is 0. The van der Waals surface area contributed by atoms with Crippen LogP contribution in [-0.4, -0.2) is 18.1 Å². The van der Waals surface area contributed by atoms with Crippen molar-refractivity contribution in [2.24, 2.45) is 11.5 Å². The van der Waals surface area contributed by atoms with E-state index >= 15 is 0 Å². The van der Waals surface area contributed by atoms with Gasteiger partial charge in [0.25, 0.3) is 0 Å². The van der Waals surface area contributed by atoms with Crippen LogP contribution in [0.2, 0.25) is 5.02 Å². The summed E-state index contributed by atoms with van der Waals surface area (Å²) in [5.41, 5.74) is 14.6. The fourth-order valence-electron chi connectivity index (χ4n) is 2.09. The standard InChI is InChI=1S/C17H21ClN4O/c1-11-9-12(7-8-14(11)18)10-21-16(20)15(19)17(23)22-13-5-3-2-4-6-13/h2-9,15-16,21H,10,19-20H2,1H3,(H,22,23). The molecule has 0 saturated heterocycles. The van der Waals surface area contributed by atoms with Crippen molar-refractivity contribution < 1.29 is 4.79 Å². The Morgan fingerprint density at radius 1 is 1.17 bits per heavy atom. The molecule has 6 N–H and O–H groups in total. The smallest absolute Gasteiger partial charge is 0.244 e. The molecular formula is C17H21ClN4O. The number of halogens is 1. The largest absolute Gasteiger partial charge is 0.325 e. The number of carbonyl (C=O) groups excluding carboxylic acids is 1. The minimum absolute atomic E-state index is 0.330. The van der Waals surface area contributed by atoms with Crippen LogP contribution in [0, 0.1) is 6.92 Å². The van der Waals surface area contributed by atoms with Crippen molar-refractivity contribution in [3.63, 3.8) is 0 Å². The van der Waals surface area contributed by atoms with Crippen molar-refractivity contribution in [3.8, 4) is 0 Å². The van der Waals surface area contributed by atoms with E-state index in [1.807, 2.05) is 43.3 Å². The predicted octanol–water partition coefficient (Wildman–Crippen LogP) is 1.99. The summed E-state index contributed by atoms with van der Waals surface area (Å²) in [6.45, 7) is 2.44. The van der Waals surface area contributed by atoms with Gasteiger partial charge in [0.2, 0.25) is 5.91 Å². The monoisotopic (exact) mass is 332 g/mol.